The summed E-state index contributed by atoms with van der Waals surface area (Å²) in [6, 6.07) is 11.3. The van der Waals surface area contributed by atoms with E-state index >= 15 is 0 Å². The van der Waals surface area contributed by atoms with Crippen LogP contribution in [0.2, 0.25) is 0 Å². The van der Waals surface area contributed by atoms with E-state index in [1.807, 2.05) is 0 Å². The van der Waals surface area contributed by atoms with Gasteiger partial charge in [-0.25, -0.2) is 19.4 Å². The summed E-state index contributed by atoms with van der Waals surface area (Å²) >= 11 is 0. The molecule has 2 N–H and O–H groups in total. The zero-order chi connectivity index (χ0) is 30.7. The van der Waals surface area contributed by atoms with E-state index in [0.29, 0.717) is 33.6 Å². The number of rotatable bonds is 7. The van der Waals surface area contributed by atoms with Crippen LogP contribution in [-0.4, -0.2) is 42.6 Å². The van der Waals surface area contributed by atoms with Gasteiger partial charge in [-0.3, -0.25) is 4.79 Å². The molecule has 0 aliphatic rings. The molecule has 0 radical (unpaired) electrons. The van der Waals surface area contributed by atoms with Crippen LogP contribution < -0.4 is 10.6 Å². The molecule has 2 aromatic carbocycles. The summed E-state index contributed by atoms with van der Waals surface area (Å²) in [7, 11) is 1.70. The molecule has 0 spiro atoms. The molecule has 10 nitrogen and oxygen atoms in total. The number of alkyl halides is 3. The van der Waals surface area contributed by atoms with Crippen LogP contribution in [0.5, 0.6) is 0 Å². The smallest absolute Gasteiger partial charge is 0.416 e. The van der Waals surface area contributed by atoms with Gasteiger partial charge in [0.1, 0.15) is 11.3 Å². The molecule has 4 aromatic rings. The molecule has 2 aromatic heterocycles. The number of nitrogens with zero attached hydrogens (tertiary/aromatic N) is 5. The lowest BCUT2D eigenvalue weighted by Gasteiger charge is -2.20. The maximum absolute atomic E-state index is 13.5. The Morgan fingerprint density at radius 3 is 2.38 bits per heavy atom. The summed E-state index contributed by atoms with van der Waals surface area (Å²) in [5.41, 5.74) is 1.56. The molecule has 0 aliphatic heterocycles. The predicted molar refractivity (Wildman–Crippen MR) is 148 cm³/mol. The Labute approximate surface area is 240 Å². The van der Waals surface area contributed by atoms with E-state index in [9.17, 15) is 22.8 Å². The number of carbonyl (C=O) groups excluding carboxylic acids is 2. The van der Waals surface area contributed by atoms with Crippen molar-refractivity contribution in [2.24, 2.45) is 7.05 Å². The number of ether oxygens (including phenoxy) is 1. The lowest BCUT2D eigenvalue weighted by Crippen LogP contribution is -2.32. The van der Waals surface area contributed by atoms with Crippen molar-refractivity contribution < 1.29 is 27.5 Å². The molecular weight excluding hydrogens is 551 g/mol. The zero-order valence-electron chi connectivity index (χ0n) is 23.7. The second kappa shape index (κ2) is 12.0. The summed E-state index contributed by atoms with van der Waals surface area (Å²) in [5.74, 6) is -0.541. The van der Waals surface area contributed by atoms with Crippen LogP contribution in [0.1, 0.15) is 61.0 Å². The molecule has 0 fully saturated rings. The number of benzene rings is 2. The Bertz CT molecular complexity index is 1580. The van der Waals surface area contributed by atoms with Gasteiger partial charge in [-0.2, -0.15) is 13.2 Å². The minimum Gasteiger partial charge on any atom is -0.444 e. The molecule has 4 rings (SSSR count). The third kappa shape index (κ3) is 7.47. The van der Waals surface area contributed by atoms with Crippen LogP contribution in [0.25, 0.3) is 22.5 Å². The third-order valence-corrected chi connectivity index (χ3v) is 6.16. The summed E-state index contributed by atoms with van der Waals surface area (Å²) < 4.78 is 47.3. The van der Waals surface area contributed by atoms with E-state index < -0.39 is 35.4 Å². The maximum Gasteiger partial charge on any atom is 0.416 e. The summed E-state index contributed by atoms with van der Waals surface area (Å²) in [4.78, 5) is 33.4. The van der Waals surface area contributed by atoms with Gasteiger partial charge < -0.3 is 15.4 Å². The zero-order valence-corrected chi connectivity index (χ0v) is 23.7. The van der Waals surface area contributed by atoms with Crippen LogP contribution >= 0.6 is 0 Å². The first-order valence-electron chi connectivity index (χ1n) is 13.0. The van der Waals surface area contributed by atoms with Gasteiger partial charge in [-0.15, -0.1) is 5.10 Å². The van der Waals surface area contributed by atoms with Gasteiger partial charge in [-0.1, -0.05) is 35.5 Å². The fraction of sp³-hybridized carbons (Fsp3) is 0.310. The lowest BCUT2D eigenvalue weighted by molar-refractivity contribution is -0.137. The molecule has 220 valence electrons. The molecule has 0 aliphatic carbocycles. The lowest BCUT2D eigenvalue weighted by atomic mass is 9.95. The van der Waals surface area contributed by atoms with Gasteiger partial charge in [0.15, 0.2) is 0 Å². The van der Waals surface area contributed by atoms with Gasteiger partial charge in [0, 0.05) is 19.8 Å². The van der Waals surface area contributed by atoms with Crippen LogP contribution in [0.15, 0.2) is 60.9 Å². The second-order valence-electron chi connectivity index (χ2n) is 10.6. The Balaban J connectivity index is 1.52. The van der Waals surface area contributed by atoms with Crippen molar-refractivity contribution in [1.29, 1.82) is 0 Å². The van der Waals surface area contributed by atoms with Crippen molar-refractivity contribution in [2.75, 3.05) is 0 Å². The Hall–Kier alpha value is -4.81. The number of carbonyl (C=O) groups is 2. The number of aromatic nitrogens is 5. The SMILES string of the molecule is C[C@@H](NC(=O)c1nccc(-c2cnnn2C)n1)c1ccc(-c2cc(C(F)(F)F)ccc2CNC(=O)OC(C)(C)C)cc1. The van der Waals surface area contributed by atoms with Crippen molar-refractivity contribution in [3.8, 4) is 22.5 Å². The molecule has 2 heterocycles. The third-order valence-electron chi connectivity index (χ3n) is 6.16. The number of hydrogen-bond donors (Lipinski definition) is 2. The van der Waals surface area contributed by atoms with Crippen molar-refractivity contribution >= 4 is 12.0 Å². The van der Waals surface area contributed by atoms with Gasteiger partial charge >= 0.3 is 12.3 Å². The molecule has 1 atom stereocenters. The van der Waals surface area contributed by atoms with Gasteiger partial charge in [-0.05, 0) is 68.1 Å². The average Bonchev–Trinajstić information content (AvgIpc) is 3.36. The van der Waals surface area contributed by atoms with E-state index in [1.165, 1.54) is 23.1 Å². The van der Waals surface area contributed by atoms with Crippen molar-refractivity contribution in [3.05, 3.63) is 83.4 Å². The Morgan fingerprint density at radius 1 is 1.05 bits per heavy atom. The monoisotopic (exact) mass is 581 g/mol. The highest BCUT2D eigenvalue weighted by atomic mass is 19.4. The molecule has 0 unspecified atom stereocenters. The normalized spacial score (nSPS) is 12.5. The summed E-state index contributed by atoms with van der Waals surface area (Å²) in [6.07, 6.45) is -2.23. The van der Waals surface area contributed by atoms with Crippen LogP contribution in [0, 0.1) is 0 Å². The molecule has 2 amide bonds. The Kier molecular flexibility index (Phi) is 8.59. The molecule has 0 saturated carbocycles. The largest absolute Gasteiger partial charge is 0.444 e. The highest BCUT2D eigenvalue weighted by Gasteiger charge is 2.31. The number of nitrogens with one attached hydrogen (secondary N) is 2. The number of halogens is 3. The average molecular weight is 582 g/mol. The number of hydrogen-bond acceptors (Lipinski definition) is 7. The van der Waals surface area contributed by atoms with Crippen molar-refractivity contribution in [2.45, 2.75) is 52.1 Å². The van der Waals surface area contributed by atoms with E-state index in [1.54, 1.807) is 65.1 Å². The van der Waals surface area contributed by atoms with E-state index in [-0.39, 0.29) is 12.4 Å². The summed E-state index contributed by atoms with van der Waals surface area (Å²) in [6.45, 7) is 6.87. The first kappa shape index (κ1) is 30.2. The predicted octanol–water partition coefficient (Wildman–Crippen LogP) is 5.47. The van der Waals surface area contributed by atoms with Crippen molar-refractivity contribution in [1.82, 2.24) is 35.6 Å². The fourth-order valence-corrected chi connectivity index (χ4v) is 4.09. The number of amides is 2. The molecular formula is C29H30F3N7O3. The molecule has 0 bridgehead atoms. The van der Waals surface area contributed by atoms with Crippen LogP contribution in [-0.2, 0) is 24.5 Å². The van der Waals surface area contributed by atoms with E-state index in [2.05, 4.69) is 30.9 Å². The van der Waals surface area contributed by atoms with Gasteiger partial charge in [0.2, 0.25) is 5.82 Å². The second-order valence-corrected chi connectivity index (χ2v) is 10.6. The minimum atomic E-state index is -4.54. The van der Waals surface area contributed by atoms with Gasteiger partial charge in [0.05, 0.1) is 23.5 Å². The molecule has 0 saturated heterocycles. The standard InChI is InChI=1S/C29H30F3N7O3/c1-17(36-26(40)25-33-13-12-23(37-25)24-16-35-38-39(24)5)18-6-8-19(9-7-18)22-14-21(29(30,31)32)11-10-20(22)15-34-27(41)42-28(2,3)4/h6-14,16-17H,15H2,1-5H3,(H,34,41)(H,36,40)/t17-/m1/s1. The highest BCUT2D eigenvalue weighted by Crippen LogP contribution is 2.34. The van der Waals surface area contributed by atoms with Crippen LogP contribution in [0.4, 0.5) is 18.0 Å². The van der Waals surface area contributed by atoms with Crippen molar-refractivity contribution in [3.63, 3.8) is 0 Å². The van der Waals surface area contributed by atoms with Gasteiger partial charge in [0.25, 0.3) is 5.91 Å². The fourth-order valence-electron chi connectivity index (χ4n) is 4.09. The van der Waals surface area contributed by atoms with E-state index in [4.69, 9.17) is 4.74 Å². The first-order chi connectivity index (χ1) is 19.7. The highest BCUT2D eigenvalue weighted by molar-refractivity contribution is 5.91. The Morgan fingerprint density at radius 2 is 1.76 bits per heavy atom. The quantitative estimate of drug-likeness (QED) is 0.297. The topological polar surface area (TPSA) is 124 Å². The summed E-state index contributed by atoms with van der Waals surface area (Å²) in [5, 5.41) is 13.1. The number of aryl methyl sites for hydroxylation is 1. The molecule has 42 heavy (non-hydrogen) atoms. The first-order valence-corrected chi connectivity index (χ1v) is 13.0. The number of alkyl carbamates (subject to hydrolysis) is 1. The minimum absolute atomic E-state index is 0.0372. The molecule has 13 heteroatoms. The van der Waals surface area contributed by atoms with Crippen LogP contribution in [0.3, 0.4) is 0 Å². The maximum atomic E-state index is 13.5. The van der Waals surface area contributed by atoms with E-state index in [0.717, 1.165) is 12.1 Å².